The summed E-state index contributed by atoms with van der Waals surface area (Å²) < 4.78 is 16.3. The fourth-order valence-corrected chi connectivity index (χ4v) is 8.27. The molecule has 1 amide bonds. The second-order valence-corrected chi connectivity index (χ2v) is 11.9. The Morgan fingerprint density at radius 3 is 2.86 bits per heavy atom. The standard InChI is InChI=1S/C28H34N2O6S/c1-34-27(32)24-18-6-2-3-8-22(18)37-26(24)29-23(31)15-30-13-12-28(33)11-5-4-7-19(28)25(30)17-9-10-20-21(14-17)36-16-35-20/h9-10,14,19,25,33H,2-8,11-13,15-16H2,1H3,(H,29,31)/p+1/t19-,25+,28+/m1/s1. The number of anilines is 1. The Bertz CT molecular complexity index is 1210. The van der Waals surface area contributed by atoms with Crippen LogP contribution in [-0.2, 0) is 22.4 Å². The first-order valence-electron chi connectivity index (χ1n) is 13.5. The predicted octanol–water partition coefficient (Wildman–Crippen LogP) is 3.03. The highest BCUT2D eigenvalue weighted by atomic mass is 32.1. The summed E-state index contributed by atoms with van der Waals surface area (Å²) in [7, 11) is 1.39. The summed E-state index contributed by atoms with van der Waals surface area (Å²) >= 11 is 1.51. The van der Waals surface area contributed by atoms with Gasteiger partial charge in [0.2, 0.25) is 6.79 Å². The van der Waals surface area contributed by atoms with E-state index in [1.165, 1.54) is 23.3 Å². The smallest absolute Gasteiger partial charge is 0.341 e. The number of thiophene rings is 1. The summed E-state index contributed by atoms with van der Waals surface area (Å²) in [5, 5.41) is 15.3. The molecule has 1 aromatic carbocycles. The molecule has 0 spiro atoms. The quantitative estimate of drug-likeness (QED) is 0.517. The molecule has 2 aliphatic heterocycles. The summed E-state index contributed by atoms with van der Waals surface area (Å²) in [4.78, 5) is 28.4. The van der Waals surface area contributed by atoms with Crippen molar-refractivity contribution < 1.29 is 33.8 Å². The number of rotatable bonds is 5. The molecule has 1 saturated carbocycles. The fraction of sp³-hybridized carbons (Fsp3) is 0.571. The largest absolute Gasteiger partial charge is 0.465 e. The lowest BCUT2D eigenvalue weighted by molar-refractivity contribution is -0.937. The van der Waals surface area contributed by atoms with Crippen LogP contribution in [0.1, 0.15) is 77.3 Å². The van der Waals surface area contributed by atoms with Gasteiger partial charge in [-0.05, 0) is 62.3 Å². The summed E-state index contributed by atoms with van der Waals surface area (Å²) in [5.74, 6) is 1.02. The zero-order valence-electron chi connectivity index (χ0n) is 21.3. The lowest BCUT2D eigenvalue weighted by atomic mass is 9.66. The number of aliphatic hydroxyl groups is 1. The van der Waals surface area contributed by atoms with E-state index in [2.05, 4.69) is 11.4 Å². The number of likely N-dealkylation sites (tertiary alicyclic amines) is 1. The van der Waals surface area contributed by atoms with Gasteiger partial charge in [-0.15, -0.1) is 11.3 Å². The molecule has 0 bridgehead atoms. The van der Waals surface area contributed by atoms with E-state index in [4.69, 9.17) is 14.2 Å². The van der Waals surface area contributed by atoms with Crippen LogP contribution in [0.25, 0.3) is 0 Å². The minimum atomic E-state index is -0.704. The van der Waals surface area contributed by atoms with E-state index in [-0.39, 0.29) is 37.2 Å². The number of fused-ring (bicyclic) bond motifs is 3. The van der Waals surface area contributed by atoms with E-state index in [1.54, 1.807) is 0 Å². The lowest BCUT2D eigenvalue weighted by Crippen LogP contribution is -3.16. The van der Waals surface area contributed by atoms with Gasteiger partial charge in [0.05, 0.1) is 24.8 Å². The highest BCUT2D eigenvalue weighted by Gasteiger charge is 2.52. The monoisotopic (exact) mass is 527 g/mol. The molecular weight excluding hydrogens is 492 g/mol. The van der Waals surface area contributed by atoms with Crippen molar-refractivity contribution in [2.45, 2.75) is 69.4 Å². The molecule has 4 atom stereocenters. The average molecular weight is 528 g/mol. The van der Waals surface area contributed by atoms with Crippen LogP contribution in [0, 0.1) is 5.92 Å². The van der Waals surface area contributed by atoms with Crippen LogP contribution in [0.3, 0.4) is 0 Å². The maximum atomic E-state index is 13.5. The van der Waals surface area contributed by atoms with Gasteiger partial charge in [-0.25, -0.2) is 4.79 Å². The molecule has 198 valence electrons. The second kappa shape index (κ2) is 9.93. The van der Waals surface area contributed by atoms with Crippen molar-refractivity contribution in [1.82, 2.24) is 0 Å². The number of quaternary nitrogens is 1. The van der Waals surface area contributed by atoms with Crippen molar-refractivity contribution in [1.29, 1.82) is 0 Å². The summed E-state index contributed by atoms with van der Waals surface area (Å²) in [5.41, 5.74) is 1.93. The molecule has 3 N–H and O–H groups in total. The molecule has 1 saturated heterocycles. The Hall–Kier alpha value is -2.62. The zero-order valence-corrected chi connectivity index (χ0v) is 22.1. The number of aryl methyl sites for hydroxylation is 1. The normalized spacial score (nSPS) is 28.2. The van der Waals surface area contributed by atoms with Gasteiger partial charge in [-0.3, -0.25) is 4.79 Å². The second-order valence-electron chi connectivity index (χ2n) is 10.8. The van der Waals surface area contributed by atoms with E-state index in [0.717, 1.165) is 78.9 Å². The van der Waals surface area contributed by atoms with Gasteiger partial charge in [-0.2, -0.15) is 0 Å². The van der Waals surface area contributed by atoms with Crippen molar-refractivity contribution in [3.05, 3.63) is 39.8 Å². The van der Waals surface area contributed by atoms with Crippen LogP contribution >= 0.6 is 11.3 Å². The van der Waals surface area contributed by atoms with Crippen molar-refractivity contribution in [2.75, 3.05) is 32.3 Å². The van der Waals surface area contributed by atoms with Crippen LogP contribution in [0.4, 0.5) is 5.00 Å². The van der Waals surface area contributed by atoms with Crippen molar-refractivity contribution >= 4 is 28.2 Å². The highest BCUT2D eigenvalue weighted by Crippen LogP contribution is 2.45. The van der Waals surface area contributed by atoms with Crippen LogP contribution in [0.5, 0.6) is 11.5 Å². The molecule has 4 aliphatic rings. The molecular formula is C28H35N2O6S+. The Kier molecular flexibility index (Phi) is 6.63. The topological polar surface area (TPSA) is 98.5 Å². The Labute approximate surface area is 220 Å². The first-order chi connectivity index (χ1) is 18.0. The van der Waals surface area contributed by atoms with Gasteiger partial charge in [0.1, 0.15) is 11.0 Å². The van der Waals surface area contributed by atoms with Crippen molar-refractivity contribution in [3.8, 4) is 11.5 Å². The van der Waals surface area contributed by atoms with E-state index in [1.807, 2.05) is 12.1 Å². The first-order valence-corrected chi connectivity index (χ1v) is 14.3. The van der Waals surface area contributed by atoms with Gasteiger partial charge in [0, 0.05) is 22.8 Å². The number of carbonyl (C=O) groups excluding carboxylic acids is 2. The molecule has 3 heterocycles. The number of ether oxygens (including phenoxy) is 3. The SMILES string of the molecule is COC(=O)c1c(NC(=O)C[NH+]2CC[C@@]3(O)CCCC[C@@H]3[C@@H]2c2ccc3c(c2)OCO3)sc2c1CCCC2. The summed E-state index contributed by atoms with van der Waals surface area (Å²) in [6, 6.07) is 5.98. The average Bonchev–Trinajstić information content (AvgIpc) is 3.51. The van der Waals surface area contributed by atoms with E-state index in [9.17, 15) is 14.7 Å². The Morgan fingerprint density at radius 2 is 2.00 bits per heavy atom. The number of benzene rings is 1. The third-order valence-electron chi connectivity index (χ3n) is 8.74. The molecule has 2 aliphatic carbocycles. The van der Waals surface area contributed by atoms with Gasteiger partial charge >= 0.3 is 5.97 Å². The Morgan fingerprint density at radius 1 is 1.16 bits per heavy atom. The number of hydrogen-bond acceptors (Lipinski definition) is 7. The van der Waals surface area contributed by atoms with E-state index >= 15 is 0 Å². The van der Waals surface area contributed by atoms with Crippen LogP contribution < -0.4 is 19.7 Å². The zero-order chi connectivity index (χ0) is 25.6. The summed E-state index contributed by atoms with van der Waals surface area (Å²) in [6.45, 7) is 1.17. The number of esters is 1. The maximum Gasteiger partial charge on any atom is 0.341 e. The Balaban J connectivity index is 1.27. The number of nitrogens with one attached hydrogen (secondary N) is 2. The van der Waals surface area contributed by atoms with Crippen molar-refractivity contribution in [2.24, 2.45) is 5.92 Å². The van der Waals surface area contributed by atoms with Crippen LogP contribution in [0.2, 0.25) is 0 Å². The van der Waals surface area contributed by atoms with Gasteiger partial charge < -0.3 is 29.5 Å². The van der Waals surface area contributed by atoms with Gasteiger partial charge in [0.25, 0.3) is 5.91 Å². The van der Waals surface area contributed by atoms with Crippen molar-refractivity contribution in [3.63, 3.8) is 0 Å². The molecule has 8 nitrogen and oxygen atoms in total. The summed E-state index contributed by atoms with van der Waals surface area (Å²) in [6.07, 6.45) is 8.46. The molecule has 6 rings (SSSR count). The van der Waals surface area contributed by atoms with E-state index in [0.29, 0.717) is 23.5 Å². The molecule has 37 heavy (non-hydrogen) atoms. The molecule has 1 aromatic heterocycles. The number of amides is 1. The molecule has 0 radical (unpaired) electrons. The third kappa shape index (κ3) is 4.51. The van der Waals surface area contributed by atoms with Gasteiger partial charge in [0.15, 0.2) is 18.0 Å². The number of methoxy groups -OCH3 is 1. The number of piperidine rings is 1. The lowest BCUT2D eigenvalue weighted by Gasteiger charge is -2.50. The predicted molar refractivity (Wildman–Crippen MR) is 138 cm³/mol. The molecule has 2 aromatic rings. The van der Waals surface area contributed by atoms with Crippen LogP contribution in [-0.4, -0.2) is 49.6 Å². The maximum absolute atomic E-state index is 13.5. The van der Waals surface area contributed by atoms with E-state index < -0.39 is 5.60 Å². The minimum absolute atomic E-state index is 0.0316. The highest BCUT2D eigenvalue weighted by molar-refractivity contribution is 7.17. The molecule has 1 unspecified atom stereocenters. The third-order valence-corrected chi connectivity index (χ3v) is 9.95. The first kappa shape index (κ1) is 24.7. The number of carbonyl (C=O) groups is 2. The molecule has 9 heteroatoms. The van der Waals surface area contributed by atoms with Crippen LogP contribution in [0.15, 0.2) is 18.2 Å². The fourth-order valence-electron chi connectivity index (χ4n) is 6.98. The van der Waals surface area contributed by atoms with Gasteiger partial charge in [-0.1, -0.05) is 12.8 Å². The molecule has 2 fully saturated rings. The minimum Gasteiger partial charge on any atom is -0.465 e. The number of hydrogen-bond donors (Lipinski definition) is 3.